The maximum absolute atomic E-state index is 11.8. The summed E-state index contributed by atoms with van der Waals surface area (Å²) in [5.41, 5.74) is -0.494. The highest BCUT2D eigenvalue weighted by atomic mass is 16.7. The molecule has 2 saturated heterocycles. The molecule has 2 aliphatic rings. The van der Waals surface area contributed by atoms with E-state index in [0.717, 1.165) is 12.8 Å². The molecule has 0 aromatic heterocycles. The first-order valence-electron chi connectivity index (χ1n) is 8.11. The van der Waals surface area contributed by atoms with Crippen molar-refractivity contribution >= 4 is 11.9 Å². The van der Waals surface area contributed by atoms with Crippen molar-refractivity contribution in [2.45, 2.75) is 58.3 Å². The molecule has 0 saturated carbocycles. The first-order chi connectivity index (χ1) is 10.9. The molecular weight excluding hydrogens is 304 g/mol. The molecule has 0 amide bonds. The molecule has 2 rings (SSSR count). The number of esters is 1. The van der Waals surface area contributed by atoms with Gasteiger partial charge >= 0.3 is 11.9 Å². The van der Waals surface area contributed by atoms with E-state index in [0.29, 0.717) is 6.42 Å². The Morgan fingerprint density at radius 2 is 1.91 bits per heavy atom. The van der Waals surface area contributed by atoms with Gasteiger partial charge in [-0.05, 0) is 33.1 Å². The van der Waals surface area contributed by atoms with Crippen LogP contribution >= 0.6 is 0 Å². The Balaban J connectivity index is 1.62. The summed E-state index contributed by atoms with van der Waals surface area (Å²) in [6.45, 7) is 5.94. The van der Waals surface area contributed by atoms with Crippen molar-refractivity contribution in [3.63, 3.8) is 0 Å². The van der Waals surface area contributed by atoms with Gasteiger partial charge in [0, 0.05) is 0 Å². The molecule has 0 aliphatic carbocycles. The van der Waals surface area contributed by atoms with E-state index in [1.807, 2.05) is 20.8 Å². The SMILES string of the molecule is CCC(C)(C)C(=O)OCCOCOC1C2CCC(O2)C1C(=O)O. The normalized spacial score (nSPS) is 29.7. The standard InChI is InChI=1S/C16H26O7/c1-4-16(2,3)15(19)21-8-7-20-9-22-13-11-6-5-10(23-11)12(13)14(17)18/h10-13H,4-9H2,1-3H3,(H,17,18). The fourth-order valence-corrected chi connectivity index (χ4v) is 2.87. The average Bonchev–Trinajstić information content (AvgIpc) is 3.11. The van der Waals surface area contributed by atoms with Crippen molar-refractivity contribution in [2.75, 3.05) is 20.0 Å². The molecule has 0 aromatic rings. The van der Waals surface area contributed by atoms with Crippen molar-refractivity contribution in [1.29, 1.82) is 0 Å². The van der Waals surface area contributed by atoms with Crippen LogP contribution in [0.1, 0.15) is 40.0 Å². The van der Waals surface area contributed by atoms with Crippen LogP contribution in [0.5, 0.6) is 0 Å². The van der Waals surface area contributed by atoms with E-state index < -0.39 is 23.4 Å². The van der Waals surface area contributed by atoms with Gasteiger partial charge in [-0.1, -0.05) is 6.92 Å². The number of carboxylic acid groups (broad SMARTS) is 1. The molecule has 7 heteroatoms. The second-order valence-corrected chi connectivity index (χ2v) is 6.69. The van der Waals surface area contributed by atoms with E-state index in [-0.39, 0.29) is 38.2 Å². The number of ether oxygens (including phenoxy) is 4. The summed E-state index contributed by atoms with van der Waals surface area (Å²) in [5.74, 6) is -1.77. The van der Waals surface area contributed by atoms with Crippen molar-refractivity contribution < 1.29 is 33.6 Å². The van der Waals surface area contributed by atoms with E-state index in [1.54, 1.807) is 0 Å². The van der Waals surface area contributed by atoms with Crippen LogP contribution in [0.25, 0.3) is 0 Å². The molecule has 2 fully saturated rings. The van der Waals surface area contributed by atoms with Gasteiger partial charge < -0.3 is 24.1 Å². The summed E-state index contributed by atoms with van der Waals surface area (Å²) >= 11 is 0. The Morgan fingerprint density at radius 1 is 1.22 bits per heavy atom. The van der Waals surface area contributed by atoms with Crippen LogP contribution < -0.4 is 0 Å². The second kappa shape index (κ2) is 7.59. The van der Waals surface area contributed by atoms with Gasteiger partial charge in [-0.15, -0.1) is 0 Å². The van der Waals surface area contributed by atoms with Gasteiger partial charge in [0.15, 0.2) is 0 Å². The Bertz CT molecular complexity index is 434. The molecule has 23 heavy (non-hydrogen) atoms. The third-order valence-corrected chi connectivity index (χ3v) is 4.73. The predicted octanol–water partition coefficient (Wildman–Crippen LogP) is 1.59. The number of hydrogen-bond donors (Lipinski definition) is 1. The van der Waals surface area contributed by atoms with Crippen LogP contribution in [0.15, 0.2) is 0 Å². The van der Waals surface area contributed by atoms with Crippen LogP contribution in [0.2, 0.25) is 0 Å². The van der Waals surface area contributed by atoms with Crippen LogP contribution in [0, 0.1) is 11.3 Å². The number of carboxylic acids is 1. The molecule has 2 bridgehead atoms. The Morgan fingerprint density at radius 3 is 2.57 bits per heavy atom. The zero-order valence-electron chi connectivity index (χ0n) is 13.9. The third kappa shape index (κ3) is 4.22. The van der Waals surface area contributed by atoms with Gasteiger partial charge in [0.25, 0.3) is 0 Å². The van der Waals surface area contributed by atoms with Gasteiger partial charge in [-0.2, -0.15) is 0 Å². The lowest BCUT2D eigenvalue weighted by molar-refractivity contribution is -0.163. The lowest BCUT2D eigenvalue weighted by Crippen LogP contribution is -2.40. The van der Waals surface area contributed by atoms with Crippen LogP contribution in [-0.4, -0.2) is 55.4 Å². The van der Waals surface area contributed by atoms with E-state index in [1.165, 1.54) is 0 Å². The monoisotopic (exact) mass is 330 g/mol. The summed E-state index contributed by atoms with van der Waals surface area (Å²) in [4.78, 5) is 23.0. The van der Waals surface area contributed by atoms with E-state index >= 15 is 0 Å². The Kier molecular flexibility index (Phi) is 6.00. The van der Waals surface area contributed by atoms with Gasteiger partial charge in [0.05, 0.1) is 24.2 Å². The van der Waals surface area contributed by atoms with Crippen molar-refractivity contribution in [3.8, 4) is 0 Å². The summed E-state index contributed by atoms with van der Waals surface area (Å²) in [5, 5.41) is 9.25. The van der Waals surface area contributed by atoms with Gasteiger partial charge in [0.1, 0.15) is 25.4 Å². The fraction of sp³-hybridized carbons (Fsp3) is 0.875. The maximum atomic E-state index is 11.8. The number of fused-ring (bicyclic) bond motifs is 2. The quantitative estimate of drug-likeness (QED) is 0.390. The van der Waals surface area contributed by atoms with Gasteiger partial charge in [-0.25, -0.2) is 0 Å². The Labute approximate surface area is 136 Å². The molecule has 4 unspecified atom stereocenters. The maximum Gasteiger partial charge on any atom is 0.311 e. The Hall–Kier alpha value is -1.18. The summed E-state index contributed by atoms with van der Waals surface area (Å²) in [7, 11) is 0. The lowest BCUT2D eigenvalue weighted by atomic mass is 9.86. The lowest BCUT2D eigenvalue weighted by Gasteiger charge is -2.24. The molecule has 2 aliphatic heterocycles. The minimum atomic E-state index is -0.891. The van der Waals surface area contributed by atoms with E-state index in [4.69, 9.17) is 18.9 Å². The first kappa shape index (κ1) is 18.2. The van der Waals surface area contributed by atoms with Gasteiger partial charge in [-0.3, -0.25) is 9.59 Å². The molecular formula is C16H26O7. The van der Waals surface area contributed by atoms with Crippen molar-refractivity contribution in [1.82, 2.24) is 0 Å². The van der Waals surface area contributed by atoms with Crippen LogP contribution in [0.3, 0.4) is 0 Å². The minimum absolute atomic E-state index is 0.0320. The zero-order valence-corrected chi connectivity index (χ0v) is 13.9. The molecule has 1 N–H and O–H groups in total. The van der Waals surface area contributed by atoms with Gasteiger partial charge in [0.2, 0.25) is 0 Å². The van der Waals surface area contributed by atoms with Crippen LogP contribution in [0.4, 0.5) is 0 Å². The number of carbonyl (C=O) groups excluding carboxylic acids is 1. The highest BCUT2D eigenvalue weighted by Gasteiger charge is 2.53. The predicted molar refractivity (Wildman–Crippen MR) is 79.7 cm³/mol. The number of hydrogen-bond acceptors (Lipinski definition) is 6. The summed E-state index contributed by atoms with van der Waals surface area (Å²) < 4.78 is 21.5. The topological polar surface area (TPSA) is 91.3 Å². The molecule has 7 nitrogen and oxygen atoms in total. The number of carbonyl (C=O) groups is 2. The van der Waals surface area contributed by atoms with E-state index in [9.17, 15) is 14.7 Å². The van der Waals surface area contributed by atoms with E-state index in [2.05, 4.69) is 0 Å². The highest BCUT2D eigenvalue weighted by Crippen LogP contribution is 2.40. The molecule has 132 valence electrons. The third-order valence-electron chi connectivity index (χ3n) is 4.73. The molecule has 0 aromatic carbocycles. The second-order valence-electron chi connectivity index (χ2n) is 6.69. The van der Waals surface area contributed by atoms with Crippen LogP contribution in [-0.2, 0) is 28.5 Å². The number of rotatable bonds is 9. The molecule has 4 atom stereocenters. The first-order valence-corrected chi connectivity index (χ1v) is 8.11. The smallest absolute Gasteiger partial charge is 0.311 e. The summed E-state index contributed by atoms with van der Waals surface area (Å²) in [6.07, 6.45) is 1.42. The van der Waals surface area contributed by atoms with Crippen molar-refractivity contribution in [3.05, 3.63) is 0 Å². The fourth-order valence-electron chi connectivity index (χ4n) is 2.87. The highest BCUT2D eigenvalue weighted by molar-refractivity contribution is 5.75. The number of aliphatic carboxylic acids is 1. The molecule has 0 spiro atoms. The molecule has 0 radical (unpaired) electrons. The largest absolute Gasteiger partial charge is 0.481 e. The summed E-state index contributed by atoms with van der Waals surface area (Å²) in [6, 6.07) is 0. The van der Waals surface area contributed by atoms with Crippen molar-refractivity contribution in [2.24, 2.45) is 11.3 Å². The molecule has 2 heterocycles. The minimum Gasteiger partial charge on any atom is -0.481 e. The zero-order chi connectivity index (χ0) is 17.0. The average molecular weight is 330 g/mol.